The number of hydrogen-bond donors (Lipinski definition) is 6. The average Bonchev–Trinajstić information content (AvgIpc) is 3.03. The number of benzene rings is 2. The highest BCUT2D eigenvalue weighted by Gasteiger charge is 2.64. The molecule has 0 bridgehead atoms. The van der Waals surface area contributed by atoms with Crippen LogP contribution in [0.3, 0.4) is 0 Å². The lowest BCUT2D eigenvalue weighted by atomic mass is 9.57. The largest absolute Gasteiger partial charge is 0.508 e. The Kier molecular flexibility index (Phi) is 10.3. The van der Waals surface area contributed by atoms with E-state index >= 15 is 0 Å². The molecule has 48 heavy (non-hydrogen) atoms. The van der Waals surface area contributed by atoms with Crippen LogP contribution in [-0.2, 0) is 27.3 Å². The van der Waals surface area contributed by atoms with E-state index in [1.54, 1.807) is 27.3 Å². The Balaban J connectivity index is 1.53. The van der Waals surface area contributed by atoms with Crippen LogP contribution in [0.1, 0.15) is 68.6 Å². The third kappa shape index (κ3) is 5.99. The first-order chi connectivity index (χ1) is 22.9. The smallest absolute Gasteiger partial charge is 0.255 e. The van der Waals surface area contributed by atoms with Crippen molar-refractivity contribution in [2.45, 2.75) is 76.5 Å². The molecule has 0 spiro atoms. The number of primary amides is 1. The summed E-state index contributed by atoms with van der Waals surface area (Å²) in [6.45, 7) is 3.75. The Bertz CT molecular complexity index is 1680. The molecule has 0 heterocycles. The third-order valence-corrected chi connectivity index (χ3v) is 10.2. The van der Waals surface area contributed by atoms with Crippen LogP contribution in [0, 0.1) is 11.8 Å². The summed E-state index contributed by atoms with van der Waals surface area (Å²) in [5.41, 5.74) is 4.79. The molecule has 2 aromatic rings. The Labute approximate surface area is 281 Å². The first-order valence-electron chi connectivity index (χ1n) is 16.8. The van der Waals surface area contributed by atoms with Gasteiger partial charge >= 0.3 is 0 Å². The van der Waals surface area contributed by atoms with E-state index < -0.39 is 58.0 Å². The van der Waals surface area contributed by atoms with Gasteiger partial charge in [0.15, 0.2) is 11.4 Å². The Morgan fingerprint density at radius 2 is 1.75 bits per heavy atom. The number of ketones is 2. The number of nitrogens with zero attached hydrogens (tertiary/aromatic N) is 1. The molecule has 4 atom stereocenters. The average molecular weight is 662 g/mol. The van der Waals surface area contributed by atoms with E-state index in [2.05, 4.69) is 12.2 Å². The van der Waals surface area contributed by atoms with Crippen molar-refractivity contribution in [3.8, 4) is 22.6 Å². The van der Waals surface area contributed by atoms with Gasteiger partial charge in [-0.05, 0) is 80.7 Å². The first kappa shape index (κ1) is 35.1. The van der Waals surface area contributed by atoms with Crippen molar-refractivity contribution in [3.05, 3.63) is 63.9 Å². The molecule has 0 aliphatic heterocycles. The second kappa shape index (κ2) is 14.1. The number of phenolic OH excluding ortho intramolecular Hbond substituents is 1. The SMILES string of the molecule is CCCCCCCCNCc1ccc(OC)c(-c2ccc(O)c3c2C[C@H]2C[C@H]4[C@H](N(C)C)C(=O)C(C(N)=O)=C(O)[C@@]4(O)C(=O)C2=C3O)c1. The van der Waals surface area contributed by atoms with Gasteiger partial charge < -0.3 is 36.2 Å². The first-order valence-corrected chi connectivity index (χ1v) is 16.8. The van der Waals surface area contributed by atoms with Crippen molar-refractivity contribution in [3.63, 3.8) is 0 Å². The lowest BCUT2D eigenvalue weighted by Crippen LogP contribution is -2.65. The number of fused-ring (bicyclic) bond motifs is 3. The Morgan fingerprint density at radius 3 is 2.42 bits per heavy atom. The zero-order valence-electron chi connectivity index (χ0n) is 28.1. The van der Waals surface area contributed by atoms with Crippen molar-refractivity contribution in [1.29, 1.82) is 0 Å². The summed E-state index contributed by atoms with van der Waals surface area (Å²) in [4.78, 5) is 41.3. The summed E-state index contributed by atoms with van der Waals surface area (Å²) in [6.07, 6.45) is 7.48. The van der Waals surface area contributed by atoms with Crippen LogP contribution in [0.25, 0.3) is 16.9 Å². The van der Waals surface area contributed by atoms with E-state index in [0.717, 1.165) is 24.1 Å². The number of unbranched alkanes of at least 4 members (excludes halogenated alkanes) is 5. The molecule has 3 aliphatic carbocycles. The number of hydrogen-bond acceptors (Lipinski definition) is 10. The van der Waals surface area contributed by atoms with Gasteiger partial charge in [0, 0.05) is 23.6 Å². The molecule has 11 nitrogen and oxygen atoms in total. The number of Topliss-reactive ketones (excluding diaryl/α,β-unsaturated/α-hetero) is 2. The Hall–Kier alpha value is -4.19. The predicted molar refractivity (Wildman–Crippen MR) is 181 cm³/mol. The second-order valence-electron chi connectivity index (χ2n) is 13.4. The lowest BCUT2D eigenvalue weighted by molar-refractivity contribution is -0.153. The maximum absolute atomic E-state index is 14.2. The standard InChI is InChI=1S/C37H47N3O8/c1-5-6-7-8-9-10-15-39-19-20-11-14-27(48-4)23(16-20)22-12-13-26(41)29-24(22)17-21-18-25-31(40(2)3)33(43)30(36(38)46)35(45)37(25,47)34(44)28(21)32(29)42/h11-14,16,21,25,31,39,41-42,45,47H,5-10,15,17-19H2,1-4H3,(H2,38,46)/t21-,25-,31-,37-/m0/s1. The van der Waals surface area contributed by atoms with Crippen LogP contribution in [0.2, 0.25) is 0 Å². The molecule has 2 aromatic carbocycles. The number of aromatic hydroxyl groups is 1. The lowest BCUT2D eigenvalue weighted by Gasteiger charge is -2.50. The van der Waals surface area contributed by atoms with Crippen molar-refractivity contribution in [2.75, 3.05) is 27.7 Å². The van der Waals surface area contributed by atoms with Gasteiger partial charge in [-0.3, -0.25) is 19.3 Å². The van der Waals surface area contributed by atoms with E-state index in [0.29, 0.717) is 23.4 Å². The summed E-state index contributed by atoms with van der Waals surface area (Å²) in [7, 11) is 4.72. The van der Waals surface area contributed by atoms with E-state index in [4.69, 9.17) is 10.5 Å². The predicted octanol–water partition coefficient (Wildman–Crippen LogP) is 4.09. The molecular formula is C37H47N3O8. The molecule has 7 N–H and O–H groups in total. The number of ether oxygens (including phenoxy) is 1. The van der Waals surface area contributed by atoms with Gasteiger partial charge in [-0.1, -0.05) is 51.2 Å². The molecule has 0 radical (unpaired) electrons. The highest BCUT2D eigenvalue weighted by Crippen LogP contribution is 2.54. The molecule has 11 heteroatoms. The fourth-order valence-electron chi connectivity index (χ4n) is 7.83. The molecule has 1 amide bonds. The van der Waals surface area contributed by atoms with E-state index in [1.807, 2.05) is 18.2 Å². The van der Waals surface area contributed by atoms with Gasteiger partial charge in [0.1, 0.15) is 28.6 Å². The number of nitrogens with one attached hydrogen (secondary N) is 1. The van der Waals surface area contributed by atoms with Gasteiger partial charge in [0.25, 0.3) is 5.91 Å². The van der Waals surface area contributed by atoms with Gasteiger partial charge in [-0.2, -0.15) is 0 Å². The normalized spacial score (nSPS) is 23.7. The summed E-state index contributed by atoms with van der Waals surface area (Å²) in [5.74, 6) is -6.23. The fraction of sp³-hybridized carbons (Fsp3) is 0.486. The van der Waals surface area contributed by atoms with Crippen LogP contribution in [0.4, 0.5) is 0 Å². The van der Waals surface area contributed by atoms with Crippen LogP contribution >= 0.6 is 0 Å². The second-order valence-corrected chi connectivity index (χ2v) is 13.4. The summed E-state index contributed by atoms with van der Waals surface area (Å²) in [6, 6.07) is 7.91. The number of likely N-dealkylation sites (N-methyl/N-ethyl adjacent to an activating group) is 1. The van der Waals surface area contributed by atoms with Gasteiger partial charge in [0.2, 0.25) is 5.78 Å². The highest BCUT2D eigenvalue weighted by atomic mass is 16.5. The minimum Gasteiger partial charge on any atom is -0.508 e. The number of rotatable bonds is 13. The minimum absolute atomic E-state index is 0.0143. The summed E-state index contributed by atoms with van der Waals surface area (Å²) in [5, 5.41) is 49.1. The number of aliphatic hydroxyl groups excluding tert-OH is 2. The molecule has 1 saturated carbocycles. The summed E-state index contributed by atoms with van der Waals surface area (Å²) >= 11 is 0. The van der Waals surface area contributed by atoms with Gasteiger partial charge in [-0.15, -0.1) is 0 Å². The van der Waals surface area contributed by atoms with E-state index in [9.17, 15) is 34.8 Å². The highest BCUT2D eigenvalue weighted by molar-refractivity contribution is 6.24. The zero-order chi connectivity index (χ0) is 34.9. The van der Waals surface area contributed by atoms with Crippen LogP contribution < -0.4 is 15.8 Å². The van der Waals surface area contributed by atoms with Crippen molar-refractivity contribution in [1.82, 2.24) is 10.2 Å². The number of phenols is 1. The van der Waals surface area contributed by atoms with E-state index in [-0.39, 0.29) is 29.7 Å². The number of aliphatic hydroxyl groups is 3. The van der Waals surface area contributed by atoms with Crippen molar-refractivity contribution < 1.29 is 39.5 Å². The molecule has 5 rings (SSSR count). The number of nitrogens with two attached hydrogens (primary N) is 1. The summed E-state index contributed by atoms with van der Waals surface area (Å²) < 4.78 is 5.74. The van der Waals surface area contributed by atoms with E-state index in [1.165, 1.54) is 43.1 Å². The monoisotopic (exact) mass is 661 g/mol. The van der Waals surface area contributed by atoms with Crippen LogP contribution in [-0.4, -0.2) is 82.2 Å². The zero-order valence-corrected chi connectivity index (χ0v) is 28.1. The molecule has 3 aliphatic rings. The molecule has 0 aromatic heterocycles. The molecule has 0 unspecified atom stereocenters. The third-order valence-electron chi connectivity index (χ3n) is 10.2. The topological polar surface area (TPSA) is 183 Å². The number of amides is 1. The number of carbonyl (C=O) groups excluding carboxylic acids is 3. The van der Waals surface area contributed by atoms with Gasteiger partial charge in [0.05, 0.1) is 18.7 Å². The maximum atomic E-state index is 14.2. The molecular weight excluding hydrogens is 614 g/mol. The molecule has 1 fully saturated rings. The number of carbonyl (C=O) groups is 3. The van der Waals surface area contributed by atoms with Gasteiger partial charge in [-0.25, -0.2) is 0 Å². The number of methoxy groups -OCH3 is 1. The molecule has 0 saturated heterocycles. The maximum Gasteiger partial charge on any atom is 0.255 e. The minimum atomic E-state index is -2.68. The molecule has 258 valence electrons. The van der Waals surface area contributed by atoms with Crippen LogP contribution in [0.15, 0.2) is 47.2 Å². The fourth-order valence-corrected chi connectivity index (χ4v) is 7.83. The van der Waals surface area contributed by atoms with Crippen LogP contribution in [0.5, 0.6) is 11.5 Å². The quantitative estimate of drug-likeness (QED) is 0.135. The van der Waals surface area contributed by atoms with Crippen molar-refractivity contribution >= 4 is 23.2 Å². The van der Waals surface area contributed by atoms with Crippen molar-refractivity contribution in [2.24, 2.45) is 17.6 Å². The Morgan fingerprint density at radius 1 is 1.04 bits per heavy atom.